The fraction of sp³-hybridized carbons (Fsp3) is 0.375. The molecule has 1 aromatic heterocycles. The van der Waals surface area contributed by atoms with E-state index in [4.69, 9.17) is 5.73 Å². The lowest BCUT2D eigenvalue weighted by Crippen LogP contribution is -2.28. The molecule has 1 heterocycles. The molecule has 0 aliphatic carbocycles. The summed E-state index contributed by atoms with van der Waals surface area (Å²) in [5, 5.41) is 2.07. The van der Waals surface area contributed by atoms with Crippen LogP contribution in [0.2, 0.25) is 0 Å². The van der Waals surface area contributed by atoms with E-state index in [2.05, 4.69) is 15.3 Å². The van der Waals surface area contributed by atoms with Crippen LogP contribution in [0, 0.1) is 0 Å². The van der Waals surface area contributed by atoms with Crippen LogP contribution in [-0.4, -0.2) is 28.6 Å². The number of nitrogens with two attached hydrogens (primary N) is 1. The molecular weight excluding hydrogens is 225 g/mol. The van der Waals surface area contributed by atoms with E-state index in [0.717, 1.165) is 12.4 Å². The summed E-state index contributed by atoms with van der Waals surface area (Å²) >= 11 is 0. The number of hydrogen-bond acceptors (Lipinski definition) is 4. The molecule has 0 saturated heterocycles. The normalized spacial score (nSPS) is 11.2. The van der Waals surface area contributed by atoms with Gasteiger partial charge in [0.1, 0.15) is 11.5 Å². The Morgan fingerprint density at radius 2 is 2.06 bits per heavy atom. The van der Waals surface area contributed by atoms with Crippen LogP contribution >= 0.6 is 0 Å². The third-order valence-electron chi connectivity index (χ3n) is 1.60. The predicted molar refractivity (Wildman–Crippen MR) is 49.4 cm³/mol. The van der Waals surface area contributed by atoms with Gasteiger partial charge >= 0.3 is 6.18 Å². The van der Waals surface area contributed by atoms with E-state index in [1.165, 1.54) is 0 Å². The molecule has 8 heteroatoms. The number of rotatable bonds is 3. The first-order valence-electron chi connectivity index (χ1n) is 4.31. The van der Waals surface area contributed by atoms with E-state index < -0.39 is 25.0 Å². The van der Waals surface area contributed by atoms with E-state index in [1.54, 1.807) is 0 Å². The van der Waals surface area contributed by atoms with Crippen molar-refractivity contribution in [2.24, 2.45) is 0 Å². The van der Waals surface area contributed by atoms with E-state index >= 15 is 0 Å². The van der Waals surface area contributed by atoms with E-state index in [0.29, 0.717) is 0 Å². The number of halogens is 3. The van der Waals surface area contributed by atoms with Gasteiger partial charge in [-0.05, 0) is 0 Å². The van der Waals surface area contributed by atoms with Gasteiger partial charge in [0.15, 0.2) is 0 Å². The van der Waals surface area contributed by atoms with Gasteiger partial charge in [-0.25, -0.2) is 9.97 Å². The van der Waals surface area contributed by atoms with Gasteiger partial charge in [-0.2, -0.15) is 13.2 Å². The number of carbonyl (C=O) groups excluding carboxylic acids is 1. The highest BCUT2D eigenvalue weighted by molar-refractivity contribution is 5.91. The van der Waals surface area contributed by atoms with Gasteiger partial charge in [-0.3, -0.25) is 4.79 Å². The standard InChI is InChI=1S/C8H9F3N4O/c9-8(10,11)1-2-13-7(16)5-3-15-6(12)4-14-5/h3-4H,1-2H2,(H2,12,15)(H,13,16). The number of amides is 1. The highest BCUT2D eigenvalue weighted by Crippen LogP contribution is 2.18. The molecule has 3 N–H and O–H groups in total. The molecular formula is C8H9F3N4O. The van der Waals surface area contributed by atoms with E-state index in [9.17, 15) is 18.0 Å². The lowest BCUT2D eigenvalue weighted by Gasteiger charge is -2.07. The smallest absolute Gasteiger partial charge is 0.382 e. The average molecular weight is 234 g/mol. The largest absolute Gasteiger partial charge is 0.390 e. The van der Waals surface area contributed by atoms with E-state index in [1.807, 2.05) is 0 Å². The second kappa shape index (κ2) is 4.77. The van der Waals surface area contributed by atoms with Crippen LogP contribution in [0.25, 0.3) is 0 Å². The molecule has 0 unspecified atom stereocenters. The van der Waals surface area contributed by atoms with Gasteiger partial charge in [0.05, 0.1) is 18.8 Å². The molecule has 0 aliphatic heterocycles. The highest BCUT2D eigenvalue weighted by atomic mass is 19.4. The molecule has 0 radical (unpaired) electrons. The minimum absolute atomic E-state index is 0.0728. The molecule has 1 rings (SSSR count). The summed E-state index contributed by atoms with van der Waals surface area (Å²) < 4.78 is 35.3. The Morgan fingerprint density at radius 3 is 2.56 bits per heavy atom. The molecule has 0 bridgehead atoms. The fourth-order valence-electron chi connectivity index (χ4n) is 0.864. The summed E-state index contributed by atoms with van der Waals surface area (Å²) in [5.74, 6) is -0.580. The third-order valence-corrected chi connectivity index (χ3v) is 1.60. The van der Waals surface area contributed by atoms with Gasteiger partial charge in [0, 0.05) is 6.54 Å². The zero-order valence-electron chi connectivity index (χ0n) is 8.08. The molecule has 1 amide bonds. The lowest BCUT2D eigenvalue weighted by atomic mass is 10.3. The zero-order chi connectivity index (χ0) is 12.2. The molecule has 0 spiro atoms. The minimum atomic E-state index is -4.29. The van der Waals surface area contributed by atoms with Gasteiger partial charge in [0.25, 0.3) is 5.91 Å². The summed E-state index contributed by atoms with van der Waals surface area (Å²) in [4.78, 5) is 18.4. The monoisotopic (exact) mass is 234 g/mol. The first-order chi connectivity index (χ1) is 7.38. The first-order valence-corrected chi connectivity index (χ1v) is 4.31. The van der Waals surface area contributed by atoms with Gasteiger partial charge in [0.2, 0.25) is 0 Å². The molecule has 88 valence electrons. The Kier molecular flexibility index (Phi) is 3.64. The second-order valence-electron chi connectivity index (χ2n) is 2.95. The van der Waals surface area contributed by atoms with Crippen LogP contribution in [0.15, 0.2) is 12.4 Å². The second-order valence-corrected chi connectivity index (χ2v) is 2.95. The SMILES string of the molecule is Nc1cnc(C(=O)NCCC(F)(F)F)cn1. The summed E-state index contributed by atoms with van der Waals surface area (Å²) in [5.41, 5.74) is 5.16. The number of alkyl halides is 3. The predicted octanol–water partition coefficient (Wildman–Crippen LogP) is 0.741. The van der Waals surface area contributed by atoms with Crippen molar-refractivity contribution in [2.75, 3.05) is 12.3 Å². The molecule has 0 aliphatic rings. The lowest BCUT2D eigenvalue weighted by molar-refractivity contribution is -0.132. The van der Waals surface area contributed by atoms with Crippen LogP contribution in [-0.2, 0) is 0 Å². The molecule has 0 saturated carbocycles. The van der Waals surface area contributed by atoms with Crippen LogP contribution in [0.4, 0.5) is 19.0 Å². The van der Waals surface area contributed by atoms with Crippen LogP contribution < -0.4 is 11.1 Å². The Hall–Kier alpha value is -1.86. The third kappa shape index (κ3) is 4.11. The van der Waals surface area contributed by atoms with Crippen molar-refractivity contribution in [1.82, 2.24) is 15.3 Å². The zero-order valence-corrected chi connectivity index (χ0v) is 8.08. The summed E-state index contributed by atoms with van der Waals surface area (Å²) in [6.45, 7) is -0.492. The summed E-state index contributed by atoms with van der Waals surface area (Å²) in [7, 11) is 0. The Morgan fingerprint density at radius 1 is 1.38 bits per heavy atom. The van der Waals surface area contributed by atoms with Crippen molar-refractivity contribution in [1.29, 1.82) is 0 Å². The highest BCUT2D eigenvalue weighted by Gasteiger charge is 2.26. The molecule has 16 heavy (non-hydrogen) atoms. The van der Waals surface area contributed by atoms with Crippen molar-refractivity contribution >= 4 is 11.7 Å². The number of anilines is 1. The van der Waals surface area contributed by atoms with Crippen LogP contribution in [0.3, 0.4) is 0 Å². The van der Waals surface area contributed by atoms with Crippen molar-refractivity contribution < 1.29 is 18.0 Å². The van der Waals surface area contributed by atoms with Gasteiger partial charge in [-0.15, -0.1) is 0 Å². The molecule has 0 fully saturated rings. The summed E-state index contributed by atoms with van der Waals surface area (Å²) in [6.07, 6.45) is -3.13. The number of carbonyl (C=O) groups is 1. The maximum Gasteiger partial charge on any atom is 0.390 e. The molecule has 0 aromatic carbocycles. The summed E-state index contributed by atoms with van der Waals surface area (Å²) in [6, 6.07) is 0. The topological polar surface area (TPSA) is 80.9 Å². The number of nitrogens with one attached hydrogen (secondary N) is 1. The first kappa shape index (κ1) is 12.2. The Bertz CT molecular complexity index is 363. The quantitative estimate of drug-likeness (QED) is 0.808. The number of aromatic nitrogens is 2. The molecule has 5 nitrogen and oxygen atoms in total. The minimum Gasteiger partial charge on any atom is -0.382 e. The number of nitrogen functional groups attached to an aromatic ring is 1. The van der Waals surface area contributed by atoms with Crippen molar-refractivity contribution in [2.45, 2.75) is 12.6 Å². The van der Waals surface area contributed by atoms with Crippen LogP contribution in [0.1, 0.15) is 16.9 Å². The number of nitrogens with zero attached hydrogens (tertiary/aromatic N) is 2. The fourth-order valence-corrected chi connectivity index (χ4v) is 0.864. The van der Waals surface area contributed by atoms with Crippen molar-refractivity contribution in [3.8, 4) is 0 Å². The maximum absolute atomic E-state index is 11.8. The van der Waals surface area contributed by atoms with E-state index in [-0.39, 0.29) is 11.5 Å². The Balaban J connectivity index is 2.44. The Labute approximate surface area is 88.9 Å². The van der Waals surface area contributed by atoms with Gasteiger partial charge < -0.3 is 11.1 Å². The molecule has 0 atom stereocenters. The van der Waals surface area contributed by atoms with Crippen molar-refractivity contribution in [3.05, 3.63) is 18.1 Å². The maximum atomic E-state index is 11.8. The van der Waals surface area contributed by atoms with Crippen LogP contribution in [0.5, 0.6) is 0 Å². The van der Waals surface area contributed by atoms with Crippen molar-refractivity contribution in [3.63, 3.8) is 0 Å². The molecule has 1 aromatic rings. The average Bonchev–Trinajstić information content (AvgIpc) is 2.16. The van der Waals surface area contributed by atoms with Gasteiger partial charge in [-0.1, -0.05) is 0 Å². The number of hydrogen-bond donors (Lipinski definition) is 2.